The molecule has 1 fully saturated rings. The number of aryl methyl sites for hydroxylation is 1. The van der Waals surface area contributed by atoms with Crippen LogP contribution in [0.3, 0.4) is 0 Å². The molecule has 3 heteroatoms. The summed E-state index contributed by atoms with van der Waals surface area (Å²) in [6, 6.07) is 16.5. The number of piperazine rings is 1. The number of nitrogens with zero attached hydrogens (tertiary/aromatic N) is 2. The molecule has 0 bridgehead atoms. The Kier molecular flexibility index (Phi) is 3.91. The van der Waals surface area contributed by atoms with Gasteiger partial charge in [0.25, 0.3) is 0 Å². The van der Waals surface area contributed by atoms with Crippen LogP contribution in [0, 0.1) is 6.92 Å². The molecule has 0 saturated carbocycles. The SMILES string of the molecule is Cc1cccc(N2CCN(c3cccc(C=O)c3)CC2)c1. The molecule has 2 aromatic rings. The van der Waals surface area contributed by atoms with Crippen LogP contribution < -0.4 is 9.80 Å². The van der Waals surface area contributed by atoms with Crippen molar-refractivity contribution in [2.24, 2.45) is 0 Å². The van der Waals surface area contributed by atoms with Gasteiger partial charge >= 0.3 is 0 Å². The maximum atomic E-state index is 10.9. The Morgan fingerprint density at radius 3 is 2.00 bits per heavy atom. The van der Waals surface area contributed by atoms with Crippen molar-refractivity contribution in [1.82, 2.24) is 0 Å². The van der Waals surface area contributed by atoms with Crippen molar-refractivity contribution in [3.8, 4) is 0 Å². The van der Waals surface area contributed by atoms with Crippen molar-refractivity contribution in [1.29, 1.82) is 0 Å². The Bertz CT molecular complexity index is 631. The fourth-order valence-corrected chi connectivity index (χ4v) is 2.84. The number of carbonyl (C=O) groups is 1. The second-order valence-electron chi connectivity index (χ2n) is 5.53. The van der Waals surface area contributed by atoms with Crippen LogP contribution in [0.5, 0.6) is 0 Å². The number of hydrogen-bond donors (Lipinski definition) is 0. The molecule has 0 radical (unpaired) electrons. The van der Waals surface area contributed by atoms with Crippen LogP contribution in [0.2, 0.25) is 0 Å². The van der Waals surface area contributed by atoms with E-state index in [0.717, 1.165) is 43.7 Å². The van der Waals surface area contributed by atoms with E-state index < -0.39 is 0 Å². The highest BCUT2D eigenvalue weighted by atomic mass is 16.1. The lowest BCUT2D eigenvalue weighted by molar-refractivity contribution is 0.112. The first-order valence-corrected chi connectivity index (χ1v) is 7.38. The largest absolute Gasteiger partial charge is 0.368 e. The van der Waals surface area contributed by atoms with Crippen molar-refractivity contribution in [2.45, 2.75) is 6.92 Å². The van der Waals surface area contributed by atoms with E-state index in [9.17, 15) is 4.79 Å². The molecule has 1 aliphatic heterocycles. The van der Waals surface area contributed by atoms with Crippen LogP contribution in [0.4, 0.5) is 11.4 Å². The molecule has 0 atom stereocenters. The number of anilines is 2. The van der Waals surface area contributed by atoms with Crippen molar-refractivity contribution >= 4 is 17.7 Å². The van der Waals surface area contributed by atoms with E-state index in [2.05, 4.69) is 47.1 Å². The second-order valence-corrected chi connectivity index (χ2v) is 5.53. The highest BCUT2D eigenvalue weighted by Gasteiger charge is 2.17. The third kappa shape index (κ3) is 3.07. The lowest BCUT2D eigenvalue weighted by Gasteiger charge is -2.37. The van der Waals surface area contributed by atoms with E-state index in [4.69, 9.17) is 0 Å². The van der Waals surface area contributed by atoms with E-state index in [-0.39, 0.29) is 0 Å². The van der Waals surface area contributed by atoms with Crippen LogP contribution in [-0.2, 0) is 0 Å². The van der Waals surface area contributed by atoms with E-state index in [1.165, 1.54) is 11.3 Å². The van der Waals surface area contributed by atoms with Gasteiger partial charge in [-0.05, 0) is 36.8 Å². The molecule has 0 unspecified atom stereocenters. The molecule has 0 aliphatic carbocycles. The normalized spacial score (nSPS) is 15.1. The van der Waals surface area contributed by atoms with Crippen molar-refractivity contribution in [3.05, 3.63) is 59.7 Å². The minimum Gasteiger partial charge on any atom is -0.368 e. The predicted octanol–water partition coefficient (Wildman–Crippen LogP) is 3.13. The Morgan fingerprint density at radius 1 is 0.857 bits per heavy atom. The summed E-state index contributed by atoms with van der Waals surface area (Å²) in [7, 11) is 0. The fourth-order valence-electron chi connectivity index (χ4n) is 2.84. The zero-order valence-electron chi connectivity index (χ0n) is 12.3. The predicted molar refractivity (Wildman–Crippen MR) is 87.4 cm³/mol. The molecule has 2 aromatic carbocycles. The van der Waals surface area contributed by atoms with Gasteiger partial charge in [0, 0.05) is 43.1 Å². The first-order valence-electron chi connectivity index (χ1n) is 7.38. The van der Waals surface area contributed by atoms with Crippen LogP contribution in [0.15, 0.2) is 48.5 Å². The van der Waals surface area contributed by atoms with Crippen molar-refractivity contribution in [3.63, 3.8) is 0 Å². The number of hydrogen-bond acceptors (Lipinski definition) is 3. The molecular formula is C18H20N2O. The number of aldehydes is 1. The van der Waals surface area contributed by atoms with Gasteiger partial charge in [0.05, 0.1) is 0 Å². The Morgan fingerprint density at radius 2 is 1.43 bits per heavy atom. The number of rotatable bonds is 3. The summed E-state index contributed by atoms with van der Waals surface area (Å²) in [5.41, 5.74) is 4.49. The van der Waals surface area contributed by atoms with Crippen molar-refractivity contribution < 1.29 is 4.79 Å². The molecule has 1 heterocycles. The minimum absolute atomic E-state index is 0.744. The van der Waals surface area contributed by atoms with Crippen molar-refractivity contribution in [2.75, 3.05) is 36.0 Å². The van der Waals surface area contributed by atoms with Crippen LogP contribution >= 0.6 is 0 Å². The summed E-state index contributed by atoms with van der Waals surface area (Å²) in [5.74, 6) is 0. The maximum Gasteiger partial charge on any atom is 0.150 e. The van der Waals surface area contributed by atoms with Crippen LogP contribution in [0.25, 0.3) is 0 Å². The van der Waals surface area contributed by atoms with E-state index >= 15 is 0 Å². The third-order valence-electron chi connectivity index (χ3n) is 4.02. The zero-order valence-corrected chi connectivity index (χ0v) is 12.3. The summed E-state index contributed by atoms with van der Waals surface area (Å²) in [6.45, 7) is 6.11. The fraction of sp³-hybridized carbons (Fsp3) is 0.278. The second kappa shape index (κ2) is 6.00. The summed E-state index contributed by atoms with van der Waals surface area (Å²) in [5, 5.41) is 0. The molecule has 0 spiro atoms. The topological polar surface area (TPSA) is 23.6 Å². The Balaban J connectivity index is 1.68. The summed E-state index contributed by atoms with van der Waals surface area (Å²) >= 11 is 0. The molecule has 0 N–H and O–H groups in total. The van der Waals surface area contributed by atoms with E-state index in [1.54, 1.807) is 0 Å². The first kappa shape index (κ1) is 13.7. The van der Waals surface area contributed by atoms with E-state index in [0.29, 0.717) is 0 Å². The monoisotopic (exact) mass is 280 g/mol. The third-order valence-corrected chi connectivity index (χ3v) is 4.02. The molecule has 1 aliphatic rings. The highest BCUT2D eigenvalue weighted by Crippen LogP contribution is 2.21. The number of benzene rings is 2. The Hall–Kier alpha value is -2.29. The van der Waals surface area contributed by atoms with Gasteiger partial charge in [-0.3, -0.25) is 4.79 Å². The van der Waals surface area contributed by atoms with Gasteiger partial charge in [-0.25, -0.2) is 0 Å². The molecule has 21 heavy (non-hydrogen) atoms. The average Bonchev–Trinajstić information content (AvgIpc) is 2.55. The molecule has 0 amide bonds. The van der Waals surface area contributed by atoms with Gasteiger partial charge in [-0.2, -0.15) is 0 Å². The molecule has 3 rings (SSSR count). The smallest absolute Gasteiger partial charge is 0.150 e. The summed E-state index contributed by atoms with van der Waals surface area (Å²) in [6.07, 6.45) is 0.909. The lowest BCUT2D eigenvalue weighted by atomic mass is 10.1. The van der Waals surface area contributed by atoms with Gasteiger partial charge < -0.3 is 9.80 Å². The average molecular weight is 280 g/mol. The van der Waals surface area contributed by atoms with Gasteiger partial charge in [-0.15, -0.1) is 0 Å². The van der Waals surface area contributed by atoms with Gasteiger partial charge in [0.1, 0.15) is 6.29 Å². The summed E-state index contributed by atoms with van der Waals surface area (Å²) < 4.78 is 0. The highest BCUT2D eigenvalue weighted by molar-refractivity contribution is 5.77. The van der Waals surface area contributed by atoms with Gasteiger partial charge in [0.2, 0.25) is 0 Å². The first-order chi connectivity index (χ1) is 10.3. The quantitative estimate of drug-likeness (QED) is 0.807. The minimum atomic E-state index is 0.744. The van der Waals surface area contributed by atoms with E-state index in [1.807, 2.05) is 18.2 Å². The lowest BCUT2D eigenvalue weighted by Crippen LogP contribution is -2.46. The van der Waals surface area contributed by atoms with Crippen LogP contribution in [-0.4, -0.2) is 32.5 Å². The standard InChI is InChI=1S/C18H20N2O/c1-15-4-2-6-17(12-15)19-8-10-20(11-9-19)18-7-3-5-16(13-18)14-21/h2-7,12-14H,8-11H2,1H3. The summed E-state index contributed by atoms with van der Waals surface area (Å²) in [4.78, 5) is 15.7. The van der Waals surface area contributed by atoms with Gasteiger partial charge in [-0.1, -0.05) is 24.3 Å². The number of carbonyl (C=O) groups excluding carboxylic acids is 1. The Labute approximate surface area is 125 Å². The maximum absolute atomic E-state index is 10.9. The van der Waals surface area contributed by atoms with Gasteiger partial charge in [0.15, 0.2) is 0 Å². The molecule has 0 aromatic heterocycles. The van der Waals surface area contributed by atoms with Crippen LogP contribution in [0.1, 0.15) is 15.9 Å². The zero-order chi connectivity index (χ0) is 14.7. The molecule has 1 saturated heterocycles. The molecular weight excluding hydrogens is 260 g/mol. The molecule has 108 valence electrons. The molecule has 3 nitrogen and oxygen atoms in total.